The van der Waals surface area contributed by atoms with Gasteiger partial charge in [0.25, 0.3) is 5.91 Å². The number of halogens is 2. The van der Waals surface area contributed by atoms with E-state index in [4.69, 9.17) is 4.74 Å². The van der Waals surface area contributed by atoms with Crippen LogP contribution in [-0.2, 0) is 13.2 Å². The summed E-state index contributed by atoms with van der Waals surface area (Å²) in [6.45, 7) is 0.533. The van der Waals surface area contributed by atoms with E-state index in [0.717, 1.165) is 16.7 Å². The zero-order valence-electron chi connectivity index (χ0n) is 16.3. The molecule has 3 aromatic carbocycles. The van der Waals surface area contributed by atoms with Gasteiger partial charge in [-0.15, -0.1) is 11.3 Å². The normalized spacial score (nSPS) is 10.6. The summed E-state index contributed by atoms with van der Waals surface area (Å²) in [5, 5.41) is 5.15. The molecule has 0 atom stereocenters. The van der Waals surface area contributed by atoms with Crippen molar-refractivity contribution in [2.45, 2.75) is 13.2 Å². The lowest BCUT2D eigenvalue weighted by atomic mass is 10.2. The summed E-state index contributed by atoms with van der Waals surface area (Å²) in [6, 6.07) is 19.6. The SMILES string of the molecule is O=C(NCc1ccc(F)cc1)c1csc(-c2cccc(OCc3cccc(F)c3)c2)n1. The number of rotatable bonds is 7. The molecule has 0 aliphatic carbocycles. The van der Waals surface area contributed by atoms with Gasteiger partial charge in [-0.2, -0.15) is 0 Å². The molecule has 0 saturated carbocycles. The second-order valence-corrected chi connectivity index (χ2v) is 7.65. The minimum atomic E-state index is -0.318. The molecule has 0 saturated heterocycles. The number of carbonyl (C=O) groups excluding carboxylic acids is 1. The van der Waals surface area contributed by atoms with Crippen LogP contribution in [0.25, 0.3) is 10.6 Å². The summed E-state index contributed by atoms with van der Waals surface area (Å²) >= 11 is 1.35. The van der Waals surface area contributed by atoms with Gasteiger partial charge in [-0.05, 0) is 47.5 Å². The first-order chi connectivity index (χ1) is 15.1. The van der Waals surface area contributed by atoms with Crippen molar-refractivity contribution in [1.29, 1.82) is 0 Å². The molecule has 0 spiro atoms. The van der Waals surface area contributed by atoms with E-state index in [9.17, 15) is 13.6 Å². The van der Waals surface area contributed by atoms with Gasteiger partial charge in [-0.1, -0.05) is 36.4 Å². The van der Waals surface area contributed by atoms with E-state index in [2.05, 4.69) is 10.3 Å². The second-order valence-electron chi connectivity index (χ2n) is 6.79. The Morgan fingerprint density at radius 3 is 2.55 bits per heavy atom. The van der Waals surface area contributed by atoms with Crippen molar-refractivity contribution in [1.82, 2.24) is 10.3 Å². The first-order valence-corrected chi connectivity index (χ1v) is 10.4. The van der Waals surface area contributed by atoms with E-state index in [-0.39, 0.29) is 30.7 Å². The molecule has 4 aromatic rings. The van der Waals surface area contributed by atoms with Gasteiger partial charge in [-0.3, -0.25) is 4.79 Å². The molecule has 4 rings (SSSR count). The average molecular weight is 436 g/mol. The molecule has 0 fully saturated rings. The molecular weight excluding hydrogens is 418 g/mol. The molecule has 1 aromatic heterocycles. The van der Waals surface area contributed by atoms with Crippen molar-refractivity contribution in [2.24, 2.45) is 0 Å². The third-order valence-corrected chi connectivity index (χ3v) is 5.37. The van der Waals surface area contributed by atoms with E-state index in [1.807, 2.05) is 24.3 Å². The quantitative estimate of drug-likeness (QED) is 0.410. The molecule has 4 nitrogen and oxygen atoms in total. The predicted octanol–water partition coefficient (Wildman–Crippen LogP) is 5.60. The van der Waals surface area contributed by atoms with Crippen LogP contribution in [0.4, 0.5) is 8.78 Å². The minimum Gasteiger partial charge on any atom is -0.489 e. The third-order valence-electron chi connectivity index (χ3n) is 4.48. The largest absolute Gasteiger partial charge is 0.489 e. The van der Waals surface area contributed by atoms with Crippen molar-refractivity contribution >= 4 is 17.2 Å². The van der Waals surface area contributed by atoms with Gasteiger partial charge in [-0.25, -0.2) is 13.8 Å². The maximum atomic E-state index is 13.3. The number of hydrogen-bond donors (Lipinski definition) is 1. The molecule has 7 heteroatoms. The summed E-state index contributed by atoms with van der Waals surface area (Å²) in [7, 11) is 0. The molecule has 1 amide bonds. The fourth-order valence-corrected chi connectivity index (χ4v) is 3.70. The highest BCUT2D eigenvalue weighted by molar-refractivity contribution is 7.13. The van der Waals surface area contributed by atoms with Crippen LogP contribution in [0.15, 0.2) is 78.2 Å². The molecule has 31 heavy (non-hydrogen) atoms. The molecule has 0 aliphatic heterocycles. The summed E-state index contributed by atoms with van der Waals surface area (Å²) in [5.74, 6) is -0.297. The topological polar surface area (TPSA) is 51.2 Å². The average Bonchev–Trinajstić information content (AvgIpc) is 3.28. The highest BCUT2D eigenvalue weighted by Gasteiger charge is 2.12. The van der Waals surface area contributed by atoms with Gasteiger partial charge in [0.1, 0.15) is 34.7 Å². The lowest BCUT2D eigenvalue weighted by Crippen LogP contribution is -2.23. The first-order valence-electron chi connectivity index (χ1n) is 9.53. The number of aromatic nitrogens is 1. The van der Waals surface area contributed by atoms with Crippen LogP contribution >= 0.6 is 11.3 Å². The summed E-state index contributed by atoms with van der Waals surface area (Å²) in [4.78, 5) is 16.8. The molecule has 0 unspecified atom stereocenters. The smallest absolute Gasteiger partial charge is 0.271 e. The van der Waals surface area contributed by atoms with Gasteiger partial charge in [0.15, 0.2) is 0 Å². The lowest BCUT2D eigenvalue weighted by molar-refractivity contribution is 0.0946. The fraction of sp³-hybridized carbons (Fsp3) is 0.0833. The molecule has 1 heterocycles. The molecule has 0 radical (unpaired) electrons. The van der Waals surface area contributed by atoms with E-state index >= 15 is 0 Å². The Labute approximate surface area is 182 Å². The molecular formula is C24H18F2N2O2S. The zero-order valence-corrected chi connectivity index (χ0v) is 17.2. The third kappa shape index (κ3) is 5.52. The number of amides is 1. The fourth-order valence-electron chi connectivity index (χ4n) is 2.90. The predicted molar refractivity (Wildman–Crippen MR) is 116 cm³/mol. The van der Waals surface area contributed by atoms with Crippen molar-refractivity contribution in [3.8, 4) is 16.3 Å². The van der Waals surface area contributed by atoms with Gasteiger partial charge < -0.3 is 10.1 Å². The van der Waals surface area contributed by atoms with Crippen LogP contribution < -0.4 is 10.1 Å². The Hall–Kier alpha value is -3.58. The number of benzene rings is 3. The Morgan fingerprint density at radius 1 is 0.935 bits per heavy atom. The van der Waals surface area contributed by atoms with E-state index in [0.29, 0.717) is 16.5 Å². The molecule has 1 N–H and O–H groups in total. The van der Waals surface area contributed by atoms with Gasteiger partial charge >= 0.3 is 0 Å². The maximum Gasteiger partial charge on any atom is 0.271 e. The minimum absolute atomic E-state index is 0.246. The highest BCUT2D eigenvalue weighted by Crippen LogP contribution is 2.27. The Morgan fingerprint density at radius 2 is 1.74 bits per heavy atom. The van der Waals surface area contributed by atoms with E-state index < -0.39 is 0 Å². The van der Waals surface area contributed by atoms with Crippen LogP contribution in [0.3, 0.4) is 0 Å². The van der Waals surface area contributed by atoms with Crippen LogP contribution in [0.5, 0.6) is 5.75 Å². The number of hydrogen-bond acceptors (Lipinski definition) is 4. The molecule has 0 bridgehead atoms. The molecule has 0 aliphatic rings. The Kier molecular flexibility index (Phi) is 6.33. The summed E-state index contributed by atoms with van der Waals surface area (Å²) in [6.07, 6.45) is 0. The Balaban J connectivity index is 1.39. The van der Waals surface area contributed by atoms with Gasteiger partial charge in [0, 0.05) is 17.5 Å². The van der Waals surface area contributed by atoms with Crippen molar-refractivity contribution < 1.29 is 18.3 Å². The number of thiazole rings is 1. The van der Waals surface area contributed by atoms with Crippen LogP contribution in [0, 0.1) is 11.6 Å². The first kappa shape index (κ1) is 20.7. The number of carbonyl (C=O) groups is 1. The molecule has 156 valence electrons. The van der Waals surface area contributed by atoms with Crippen LogP contribution in [-0.4, -0.2) is 10.9 Å². The number of nitrogens with zero attached hydrogens (tertiary/aromatic N) is 1. The monoisotopic (exact) mass is 436 g/mol. The lowest BCUT2D eigenvalue weighted by Gasteiger charge is -2.07. The van der Waals surface area contributed by atoms with Crippen molar-refractivity contribution in [2.75, 3.05) is 0 Å². The van der Waals surface area contributed by atoms with E-state index in [1.165, 1.54) is 35.6 Å². The van der Waals surface area contributed by atoms with Gasteiger partial charge in [0.05, 0.1) is 0 Å². The standard InChI is InChI=1S/C24H18F2N2O2S/c25-19-9-7-16(8-10-19)13-27-23(29)22-15-31-24(28-22)18-4-2-6-21(12-18)30-14-17-3-1-5-20(26)11-17/h1-12,15H,13-14H2,(H,27,29). The van der Waals surface area contributed by atoms with Crippen molar-refractivity contribution in [3.63, 3.8) is 0 Å². The highest BCUT2D eigenvalue weighted by atomic mass is 32.1. The summed E-state index contributed by atoms with van der Waals surface area (Å²) in [5.41, 5.74) is 2.67. The van der Waals surface area contributed by atoms with Gasteiger partial charge in [0.2, 0.25) is 0 Å². The number of ether oxygens (including phenoxy) is 1. The van der Waals surface area contributed by atoms with Crippen molar-refractivity contribution in [3.05, 3.63) is 107 Å². The second kappa shape index (κ2) is 9.49. The maximum absolute atomic E-state index is 13.3. The zero-order chi connectivity index (χ0) is 21.6. The Bertz CT molecular complexity index is 1190. The van der Waals surface area contributed by atoms with E-state index in [1.54, 1.807) is 29.6 Å². The van der Waals surface area contributed by atoms with Crippen LogP contribution in [0.1, 0.15) is 21.6 Å². The number of nitrogens with one attached hydrogen (secondary N) is 1. The van der Waals surface area contributed by atoms with Crippen LogP contribution in [0.2, 0.25) is 0 Å². The summed E-state index contributed by atoms with van der Waals surface area (Å²) < 4.78 is 32.0.